The molecule has 0 bridgehead atoms. The van der Waals surface area contributed by atoms with Crippen LogP contribution in [0.1, 0.15) is 105 Å². The van der Waals surface area contributed by atoms with E-state index in [2.05, 4.69) is 261 Å². The quantitative estimate of drug-likeness (QED) is 0.157. The number of hydrogen-bond acceptors (Lipinski definition) is 1. The van der Waals surface area contributed by atoms with Gasteiger partial charge >= 0.3 is 0 Å². The van der Waals surface area contributed by atoms with E-state index in [1.807, 2.05) is 0 Å². The summed E-state index contributed by atoms with van der Waals surface area (Å²) in [5.41, 5.74) is 30.2. The summed E-state index contributed by atoms with van der Waals surface area (Å²) in [6, 6.07) is 64.9. The molecule has 0 spiro atoms. The Balaban J connectivity index is 1.20. The summed E-state index contributed by atoms with van der Waals surface area (Å²) in [7, 11) is 0. The van der Waals surface area contributed by atoms with Crippen molar-refractivity contribution in [2.45, 2.75) is 105 Å². The Morgan fingerprint density at radius 1 is 0.293 bits per heavy atom. The molecule has 2 aromatic heterocycles. The standard InChI is InChI=1S/C70H63B2N3/c1-67(2,3)40-27-31-55-48(35-40)49-36-41(68(4,5)6)28-32-56(49)73(55)61-39-54-65-64(66(61)74-57-33-29-42(69(7,8)9)37-50(57)51-38-43(70(10,11)12)30-34-58(51)74)72-53-24-16-14-20-45(53)47-22-18-26-60(63(47)72)75(65)59-25-17-21-46-44-19-13-15-23-52(44)71(54)62(46)59/h13-39H,1-12H3. The van der Waals surface area contributed by atoms with E-state index in [1.54, 1.807) is 0 Å². The van der Waals surface area contributed by atoms with Crippen LogP contribution in [0.25, 0.3) is 77.2 Å². The summed E-state index contributed by atoms with van der Waals surface area (Å²) in [5, 5.41) is 5.19. The monoisotopic (exact) mass is 968 g/mol. The zero-order valence-electron chi connectivity index (χ0n) is 45.6. The molecule has 364 valence electrons. The molecule has 0 saturated heterocycles. The molecule has 0 fully saturated rings. The van der Waals surface area contributed by atoms with Crippen LogP contribution >= 0.6 is 0 Å². The average Bonchev–Trinajstić information content (AvgIpc) is 4.20. The first kappa shape index (κ1) is 44.9. The smallest absolute Gasteiger partial charge is 0.251 e. The molecule has 0 radical (unpaired) electrons. The molecule has 4 aliphatic heterocycles. The maximum Gasteiger partial charge on any atom is 0.251 e. The van der Waals surface area contributed by atoms with Crippen molar-refractivity contribution in [1.29, 1.82) is 0 Å². The van der Waals surface area contributed by atoms with Crippen LogP contribution in [0.2, 0.25) is 0 Å². The van der Waals surface area contributed by atoms with E-state index in [9.17, 15) is 0 Å². The molecule has 75 heavy (non-hydrogen) atoms. The number of rotatable bonds is 2. The van der Waals surface area contributed by atoms with Crippen LogP contribution in [0, 0.1) is 0 Å². The summed E-state index contributed by atoms with van der Waals surface area (Å²) in [6.45, 7) is 28.2. The predicted molar refractivity (Wildman–Crippen MR) is 325 cm³/mol. The topological polar surface area (TPSA) is 13.1 Å². The highest BCUT2D eigenvalue weighted by molar-refractivity contribution is 7.06. The molecule has 0 N–H and O–H groups in total. The van der Waals surface area contributed by atoms with Gasteiger partial charge in [0, 0.05) is 38.6 Å². The van der Waals surface area contributed by atoms with Gasteiger partial charge in [-0.25, -0.2) is 0 Å². The molecule has 0 saturated carbocycles. The molecule has 0 atom stereocenters. The van der Waals surface area contributed by atoms with Crippen molar-refractivity contribution in [3.63, 3.8) is 0 Å². The fourth-order valence-corrected chi connectivity index (χ4v) is 14.1. The predicted octanol–water partition coefficient (Wildman–Crippen LogP) is 14.2. The van der Waals surface area contributed by atoms with Gasteiger partial charge in [0.15, 0.2) is 0 Å². The summed E-state index contributed by atoms with van der Waals surface area (Å²) in [5.74, 6) is 0. The second-order valence-electron chi connectivity index (χ2n) is 26.5. The van der Waals surface area contributed by atoms with E-state index in [-0.39, 0.29) is 35.1 Å². The van der Waals surface area contributed by atoms with Crippen molar-refractivity contribution in [3.8, 4) is 33.6 Å². The van der Waals surface area contributed by atoms with Gasteiger partial charge in [0.2, 0.25) is 6.71 Å². The summed E-state index contributed by atoms with van der Waals surface area (Å²) in [4.78, 5) is 2.71. The van der Waals surface area contributed by atoms with E-state index >= 15 is 0 Å². The largest absolute Gasteiger partial charge is 0.312 e. The molecule has 0 unspecified atom stereocenters. The molecule has 0 amide bonds. The van der Waals surface area contributed by atoms with Gasteiger partial charge in [-0.2, -0.15) is 0 Å². The number of anilines is 3. The van der Waals surface area contributed by atoms with Gasteiger partial charge in [-0.3, -0.25) is 0 Å². The highest BCUT2D eigenvalue weighted by atomic mass is 15.2. The second kappa shape index (κ2) is 14.7. The van der Waals surface area contributed by atoms with E-state index in [0.717, 1.165) is 0 Å². The van der Waals surface area contributed by atoms with Crippen LogP contribution in [0.3, 0.4) is 0 Å². The lowest BCUT2D eigenvalue weighted by atomic mass is 9.32. The Morgan fingerprint density at radius 3 is 1.09 bits per heavy atom. The SMILES string of the molecule is CC(C)(C)c1ccc2c(c1)c1cc(C(C)(C)C)ccc1n2-c1cc2c3c(c1-n1c4ccc(C(C)(C)C)cc4c4cc(C(C)(C)C)ccc41)B1c4ccccc4-c4cccc(c41)N3c1cccc3c1B2c1ccccc1-3. The first-order valence-electron chi connectivity index (χ1n) is 27.4. The van der Waals surface area contributed by atoms with Crippen molar-refractivity contribution in [2.24, 2.45) is 0 Å². The van der Waals surface area contributed by atoms with E-state index in [0.29, 0.717) is 0 Å². The lowest BCUT2D eigenvalue weighted by Crippen LogP contribution is -2.63. The molecular weight excluding hydrogens is 904 g/mol. The highest BCUT2D eigenvalue weighted by Gasteiger charge is 2.51. The number of hydrogen-bond donors (Lipinski definition) is 0. The zero-order valence-corrected chi connectivity index (χ0v) is 45.6. The van der Waals surface area contributed by atoms with Gasteiger partial charge in [0.1, 0.15) is 0 Å². The molecule has 15 rings (SSSR count). The number of nitrogens with zero attached hydrogens (tertiary/aromatic N) is 3. The summed E-state index contributed by atoms with van der Waals surface area (Å²) < 4.78 is 5.41. The molecular formula is C70H63B2N3. The molecule has 4 aliphatic rings. The maximum absolute atomic E-state index is 2.72. The molecule has 6 heterocycles. The maximum atomic E-state index is 2.72. The molecule has 5 heteroatoms. The van der Waals surface area contributed by atoms with Crippen LogP contribution in [0.15, 0.2) is 164 Å². The van der Waals surface area contributed by atoms with Crippen molar-refractivity contribution < 1.29 is 0 Å². The highest BCUT2D eigenvalue weighted by Crippen LogP contribution is 2.49. The van der Waals surface area contributed by atoms with Gasteiger partial charge in [-0.05, 0) is 155 Å². The van der Waals surface area contributed by atoms with E-state index in [4.69, 9.17) is 0 Å². The third-order valence-electron chi connectivity index (χ3n) is 17.9. The Kier molecular flexibility index (Phi) is 8.79. The lowest BCUT2D eigenvalue weighted by Gasteiger charge is -2.44. The van der Waals surface area contributed by atoms with Gasteiger partial charge in [0.05, 0.1) is 33.4 Å². The zero-order chi connectivity index (χ0) is 51.6. The Morgan fingerprint density at radius 2 is 0.667 bits per heavy atom. The third kappa shape index (κ3) is 6.02. The Labute approximate surface area is 443 Å². The van der Waals surface area contributed by atoms with Crippen LogP contribution in [0.4, 0.5) is 17.1 Å². The first-order valence-corrected chi connectivity index (χ1v) is 27.4. The average molecular weight is 968 g/mol. The molecule has 11 aromatic rings. The number of benzene rings is 9. The van der Waals surface area contributed by atoms with Crippen molar-refractivity contribution in [3.05, 3.63) is 186 Å². The Bertz CT molecular complexity index is 4210. The van der Waals surface area contributed by atoms with E-state index in [1.165, 1.54) is 149 Å². The van der Waals surface area contributed by atoms with Crippen molar-refractivity contribution in [1.82, 2.24) is 9.13 Å². The third-order valence-corrected chi connectivity index (χ3v) is 17.9. The number of fused-ring (bicyclic) bond motifs is 16. The van der Waals surface area contributed by atoms with Crippen LogP contribution < -0.4 is 37.7 Å². The molecule has 0 aliphatic carbocycles. The number of aromatic nitrogens is 2. The fraction of sp³-hybridized carbons (Fsp3) is 0.229. The van der Waals surface area contributed by atoms with Gasteiger partial charge in [-0.15, -0.1) is 0 Å². The summed E-state index contributed by atoms with van der Waals surface area (Å²) in [6.07, 6.45) is 0. The minimum atomic E-state index is -0.0357. The second-order valence-corrected chi connectivity index (χ2v) is 26.5. The van der Waals surface area contributed by atoms with E-state index < -0.39 is 0 Å². The normalized spacial score (nSPS) is 14.3. The van der Waals surface area contributed by atoms with Gasteiger partial charge in [0.25, 0.3) is 6.71 Å². The van der Waals surface area contributed by atoms with Crippen LogP contribution in [0.5, 0.6) is 0 Å². The van der Waals surface area contributed by atoms with Crippen LogP contribution in [-0.4, -0.2) is 22.6 Å². The first-order chi connectivity index (χ1) is 35.8. The minimum Gasteiger partial charge on any atom is -0.312 e. The molecule has 9 aromatic carbocycles. The van der Waals surface area contributed by atoms with Crippen molar-refractivity contribution in [2.75, 3.05) is 4.90 Å². The van der Waals surface area contributed by atoms with Crippen LogP contribution in [-0.2, 0) is 21.7 Å². The fourth-order valence-electron chi connectivity index (χ4n) is 14.1. The lowest BCUT2D eigenvalue weighted by molar-refractivity contribution is 0.590. The Hall–Kier alpha value is -7.49. The summed E-state index contributed by atoms with van der Waals surface area (Å²) >= 11 is 0. The molecule has 3 nitrogen and oxygen atoms in total. The van der Waals surface area contributed by atoms with Crippen molar-refractivity contribution >= 4 is 107 Å². The van der Waals surface area contributed by atoms with Gasteiger partial charge < -0.3 is 14.0 Å². The van der Waals surface area contributed by atoms with Gasteiger partial charge in [-0.1, -0.05) is 191 Å². The minimum absolute atomic E-state index is 0.0302.